The molecule has 17 heavy (non-hydrogen) atoms. The highest BCUT2D eigenvalue weighted by Crippen LogP contribution is 2.24. The fourth-order valence-corrected chi connectivity index (χ4v) is 2.00. The number of hydrogen-bond acceptors (Lipinski definition) is 1. The molecule has 2 aromatic rings. The van der Waals surface area contributed by atoms with Gasteiger partial charge in [0.05, 0.1) is 5.88 Å². The number of aromatic nitrogens is 1. The summed E-state index contributed by atoms with van der Waals surface area (Å²) in [5.74, 6) is -0.0924. The Bertz CT molecular complexity index is 599. The molecule has 0 fully saturated rings. The molecule has 0 saturated carbocycles. The summed E-state index contributed by atoms with van der Waals surface area (Å²) >= 11 is 11.4. The molecule has 2 rings (SSSR count). The minimum Gasteiger partial charge on any atom is -0.350 e. The molecule has 0 unspecified atom stereocenters. The second kappa shape index (κ2) is 4.94. The second-order valence-corrected chi connectivity index (χ2v) is 4.49. The average molecular weight is 268 g/mol. The average Bonchev–Trinajstić information content (AvgIpc) is 2.63. The van der Waals surface area contributed by atoms with E-state index in [-0.39, 0.29) is 11.7 Å². The van der Waals surface area contributed by atoms with Crippen LogP contribution in [-0.4, -0.2) is 16.2 Å². The molecule has 0 aliphatic heterocycles. The Morgan fingerprint density at radius 3 is 2.94 bits per heavy atom. The number of aryl methyl sites for hydroxylation is 1. The van der Waals surface area contributed by atoms with Crippen LogP contribution in [0.3, 0.4) is 0 Å². The van der Waals surface area contributed by atoms with Crippen LogP contribution in [0.4, 0.5) is 0 Å². The van der Waals surface area contributed by atoms with E-state index >= 15 is 0 Å². The third kappa shape index (κ3) is 2.54. The number of rotatable bonds is 3. The van der Waals surface area contributed by atoms with Gasteiger partial charge in [-0.25, -0.2) is 0 Å². The number of ketones is 1. The predicted molar refractivity (Wildman–Crippen MR) is 72.7 cm³/mol. The molecule has 2 nitrogen and oxygen atoms in total. The molecule has 0 bridgehead atoms. The number of hydrogen-bond donors (Lipinski definition) is 0. The van der Waals surface area contributed by atoms with Crippen LogP contribution in [0, 0.1) is 0 Å². The van der Waals surface area contributed by atoms with Crippen molar-refractivity contribution in [1.82, 2.24) is 4.57 Å². The highest BCUT2D eigenvalue weighted by atomic mass is 35.5. The lowest BCUT2D eigenvalue weighted by Gasteiger charge is -1.95. The van der Waals surface area contributed by atoms with E-state index in [0.717, 1.165) is 16.5 Å². The van der Waals surface area contributed by atoms with E-state index in [9.17, 15) is 4.79 Å². The van der Waals surface area contributed by atoms with Gasteiger partial charge in [-0.05, 0) is 24.3 Å². The minimum atomic E-state index is -0.0994. The van der Waals surface area contributed by atoms with Crippen LogP contribution in [0.5, 0.6) is 0 Å². The molecule has 1 aromatic carbocycles. The Morgan fingerprint density at radius 1 is 1.47 bits per heavy atom. The zero-order valence-electron chi connectivity index (χ0n) is 9.28. The van der Waals surface area contributed by atoms with E-state index in [1.165, 1.54) is 6.08 Å². The van der Waals surface area contributed by atoms with Crippen molar-refractivity contribution in [2.24, 2.45) is 7.05 Å². The molecule has 0 saturated heterocycles. The van der Waals surface area contributed by atoms with Gasteiger partial charge in [0.15, 0.2) is 5.78 Å². The van der Waals surface area contributed by atoms with Crippen molar-refractivity contribution < 1.29 is 4.79 Å². The summed E-state index contributed by atoms with van der Waals surface area (Å²) in [5, 5.41) is 1.77. The molecule has 4 heteroatoms. The maximum Gasteiger partial charge on any atom is 0.170 e. The molecule has 1 aromatic heterocycles. The monoisotopic (exact) mass is 267 g/mol. The van der Waals surface area contributed by atoms with Crippen LogP contribution in [0.15, 0.2) is 30.5 Å². The first kappa shape index (κ1) is 12.2. The molecule has 0 spiro atoms. The third-order valence-electron chi connectivity index (χ3n) is 2.56. The van der Waals surface area contributed by atoms with E-state index in [4.69, 9.17) is 23.2 Å². The van der Waals surface area contributed by atoms with E-state index in [1.807, 2.05) is 36.0 Å². The van der Waals surface area contributed by atoms with E-state index < -0.39 is 0 Å². The van der Waals surface area contributed by atoms with Gasteiger partial charge in [0, 0.05) is 34.7 Å². The van der Waals surface area contributed by atoms with Crippen molar-refractivity contribution >= 4 is 46.0 Å². The Morgan fingerprint density at radius 2 is 2.24 bits per heavy atom. The number of nitrogens with zero attached hydrogens (tertiary/aromatic N) is 1. The standard InChI is InChI=1S/C13H11Cl2NO/c1-16-8-9(2-4-11(17)7-14)12-5-3-10(15)6-13(12)16/h2-6,8H,7H2,1H3/b4-2+. The molecule has 0 aliphatic carbocycles. The minimum absolute atomic E-state index is 0.00704. The number of allylic oxidation sites excluding steroid dienone is 1. The van der Waals surface area contributed by atoms with Gasteiger partial charge in [-0.3, -0.25) is 4.79 Å². The Kier molecular flexibility index (Phi) is 3.55. The van der Waals surface area contributed by atoms with E-state index in [1.54, 1.807) is 6.08 Å². The topological polar surface area (TPSA) is 22.0 Å². The Balaban J connectivity index is 2.49. The number of fused-ring (bicyclic) bond motifs is 1. The molecular weight excluding hydrogens is 257 g/mol. The van der Waals surface area contributed by atoms with Crippen molar-refractivity contribution in [2.45, 2.75) is 0 Å². The summed E-state index contributed by atoms with van der Waals surface area (Å²) in [6, 6.07) is 5.69. The molecule has 0 atom stereocenters. The summed E-state index contributed by atoms with van der Waals surface area (Å²) in [7, 11) is 1.94. The van der Waals surface area contributed by atoms with Crippen molar-refractivity contribution in [1.29, 1.82) is 0 Å². The van der Waals surface area contributed by atoms with Gasteiger partial charge in [0.2, 0.25) is 0 Å². The van der Waals surface area contributed by atoms with E-state index in [0.29, 0.717) is 5.02 Å². The summed E-state index contributed by atoms with van der Waals surface area (Å²) in [6.45, 7) is 0. The van der Waals surface area contributed by atoms with Gasteiger partial charge in [0.25, 0.3) is 0 Å². The van der Waals surface area contributed by atoms with Crippen LogP contribution in [-0.2, 0) is 11.8 Å². The first-order valence-corrected chi connectivity index (χ1v) is 6.04. The number of alkyl halides is 1. The maximum atomic E-state index is 11.1. The van der Waals surface area contributed by atoms with Crippen molar-refractivity contribution in [3.05, 3.63) is 41.1 Å². The second-order valence-electron chi connectivity index (χ2n) is 3.79. The van der Waals surface area contributed by atoms with Gasteiger partial charge in [-0.2, -0.15) is 0 Å². The van der Waals surface area contributed by atoms with E-state index in [2.05, 4.69) is 0 Å². The number of carbonyl (C=O) groups excluding carboxylic acids is 1. The fraction of sp³-hybridized carbons (Fsp3) is 0.154. The zero-order chi connectivity index (χ0) is 12.4. The highest BCUT2D eigenvalue weighted by molar-refractivity contribution is 6.31. The number of carbonyl (C=O) groups is 1. The largest absolute Gasteiger partial charge is 0.350 e. The SMILES string of the molecule is Cn1cc(/C=C/C(=O)CCl)c2ccc(Cl)cc21. The first-order valence-electron chi connectivity index (χ1n) is 5.13. The normalized spacial score (nSPS) is 11.5. The lowest BCUT2D eigenvalue weighted by molar-refractivity contribution is -0.112. The predicted octanol–water partition coefficient (Wildman–Crippen LogP) is 3.65. The van der Waals surface area contributed by atoms with Crippen molar-refractivity contribution in [3.63, 3.8) is 0 Å². The lowest BCUT2D eigenvalue weighted by atomic mass is 10.1. The number of benzene rings is 1. The summed E-state index contributed by atoms with van der Waals surface area (Å²) < 4.78 is 1.98. The summed E-state index contributed by atoms with van der Waals surface area (Å²) in [5.41, 5.74) is 2.02. The van der Waals surface area contributed by atoms with Gasteiger partial charge in [0.1, 0.15) is 0 Å². The number of halogens is 2. The quantitative estimate of drug-likeness (QED) is 0.615. The summed E-state index contributed by atoms with van der Waals surface area (Å²) in [4.78, 5) is 11.1. The molecular formula is C13H11Cl2NO. The molecule has 0 aliphatic rings. The van der Waals surface area contributed by atoms with Crippen LogP contribution >= 0.6 is 23.2 Å². The first-order chi connectivity index (χ1) is 8.11. The zero-order valence-corrected chi connectivity index (χ0v) is 10.8. The highest BCUT2D eigenvalue weighted by Gasteiger charge is 2.04. The fourth-order valence-electron chi connectivity index (χ4n) is 1.75. The molecule has 0 radical (unpaired) electrons. The van der Waals surface area contributed by atoms with Crippen LogP contribution in [0.25, 0.3) is 17.0 Å². The van der Waals surface area contributed by atoms with Crippen molar-refractivity contribution in [3.8, 4) is 0 Å². The van der Waals surface area contributed by atoms with Crippen LogP contribution in [0.1, 0.15) is 5.56 Å². The van der Waals surface area contributed by atoms with Crippen LogP contribution < -0.4 is 0 Å². The molecule has 0 N–H and O–H groups in total. The van der Waals surface area contributed by atoms with Gasteiger partial charge < -0.3 is 4.57 Å². The van der Waals surface area contributed by atoms with Crippen molar-refractivity contribution in [2.75, 3.05) is 5.88 Å². The van der Waals surface area contributed by atoms with Gasteiger partial charge >= 0.3 is 0 Å². The van der Waals surface area contributed by atoms with Gasteiger partial charge in [-0.15, -0.1) is 11.6 Å². The summed E-state index contributed by atoms with van der Waals surface area (Å²) in [6.07, 6.45) is 5.23. The smallest absolute Gasteiger partial charge is 0.170 e. The lowest BCUT2D eigenvalue weighted by Crippen LogP contribution is -1.91. The molecule has 0 amide bonds. The Hall–Kier alpha value is -1.25. The molecule has 1 heterocycles. The maximum absolute atomic E-state index is 11.1. The third-order valence-corrected chi connectivity index (χ3v) is 3.06. The molecule has 88 valence electrons. The van der Waals surface area contributed by atoms with Gasteiger partial charge in [-0.1, -0.05) is 17.7 Å². The van der Waals surface area contributed by atoms with Crippen LogP contribution in [0.2, 0.25) is 5.02 Å². The Labute approximate surface area is 109 Å².